The highest BCUT2D eigenvalue weighted by atomic mass is 16.3. The van der Waals surface area contributed by atoms with Crippen LogP contribution in [-0.2, 0) is 4.79 Å². The number of hydrogen-bond donors (Lipinski definition) is 2. The number of carbonyl (C=O) groups excluding carboxylic acids is 1. The SMILES string of the molecule is CC1(C)C2C(=O)NC(CO)C21C. The van der Waals surface area contributed by atoms with Gasteiger partial charge in [0.05, 0.1) is 18.6 Å². The number of hydrogen-bond acceptors (Lipinski definition) is 2. The lowest BCUT2D eigenvalue weighted by Gasteiger charge is -2.23. The van der Waals surface area contributed by atoms with Gasteiger partial charge in [0, 0.05) is 5.41 Å². The molecule has 0 spiro atoms. The van der Waals surface area contributed by atoms with Gasteiger partial charge in [0.2, 0.25) is 5.91 Å². The van der Waals surface area contributed by atoms with Gasteiger partial charge in [-0.2, -0.15) is 0 Å². The maximum Gasteiger partial charge on any atom is 0.224 e. The Labute approximate surface area is 72.2 Å². The second-order valence-electron chi connectivity index (χ2n) is 4.68. The fourth-order valence-corrected chi connectivity index (χ4v) is 2.90. The van der Waals surface area contributed by atoms with Crippen molar-refractivity contribution in [1.82, 2.24) is 5.32 Å². The molecule has 0 aromatic carbocycles. The molecule has 1 saturated heterocycles. The number of aliphatic hydroxyl groups excluding tert-OH is 1. The fraction of sp³-hybridized carbons (Fsp3) is 0.889. The van der Waals surface area contributed by atoms with E-state index in [9.17, 15) is 4.79 Å². The van der Waals surface area contributed by atoms with E-state index >= 15 is 0 Å². The van der Waals surface area contributed by atoms with Crippen LogP contribution in [0, 0.1) is 16.7 Å². The molecule has 12 heavy (non-hydrogen) atoms. The molecule has 1 amide bonds. The Kier molecular flexibility index (Phi) is 1.24. The Bertz CT molecular complexity index is 249. The maximum absolute atomic E-state index is 11.4. The van der Waals surface area contributed by atoms with Crippen molar-refractivity contribution >= 4 is 5.91 Å². The first kappa shape index (κ1) is 8.05. The molecule has 1 saturated carbocycles. The van der Waals surface area contributed by atoms with Gasteiger partial charge in [0.25, 0.3) is 0 Å². The van der Waals surface area contributed by atoms with Crippen LogP contribution in [0.2, 0.25) is 0 Å². The van der Waals surface area contributed by atoms with E-state index in [1.165, 1.54) is 0 Å². The Morgan fingerprint density at radius 1 is 1.50 bits per heavy atom. The minimum atomic E-state index is -0.0370. The van der Waals surface area contributed by atoms with E-state index in [1.54, 1.807) is 0 Å². The quantitative estimate of drug-likeness (QED) is 0.586. The third-order valence-corrected chi connectivity index (χ3v) is 4.11. The van der Waals surface area contributed by atoms with Crippen LogP contribution in [0.5, 0.6) is 0 Å². The zero-order chi connectivity index (χ0) is 9.15. The van der Waals surface area contributed by atoms with Crippen LogP contribution in [0.1, 0.15) is 20.8 Å². The van der Waals surface area contributed by atoms with Gasteiger partial charge in [-0.05, 0) is 5.41 Å². The van der Waals surface area contributed by atoms with Gasteiger partial charge in [-0.3, -0.25) is 4.79 Å². The molecule has 0 aromatic rings. The molecule has 0 radical (unpaired) electrons. The van der Waals surface area contributed by atoms with Crippen LogP contribution in [0.15, 0.2) is 0 Å². The molecule has 3 atom stereocenters. The van der Waals surface area contributed by atoms with Crippen LogP contribution in [0.3, 0.4) is 0 Å². The molecule has 0 bridgehead atoms. The van der Waals surface area contributed by atoms with Crippen molar-refractivity contribution in [3.63, 3.8) is 0 Å². The van der Waals surface area contributed by atoms with E-state index in [0.717, 1.165) is 0 Å². The van der Waals surface area contributed by atoms with Crippen LogP contribution in [0.4, 0.5) is 0 Å². The second-order valence-corrected chi connectivity index (χ2v) is 4.68. The van der Waals surface area contributed by atoms with E-state index in [-0.39, 0.29) is 35.3 Å². The number of piperidine rings is 1. The van der Waals surface area contributed by atoms with Gasteiger partial charge in [-0.25, -0.2) is 0 Å². The minimum absolute atomic E-state index is 0.0150. The van der Waals surface area contributed by atoms with Gasteiger partial charge in [-0.1, -0.05) is 20.8 Å². The van der Waals surface area contributed by atoms with Gasteiger partial charge in [0.1, 0.15) is 0 Å². The lowest BCUT2D eigenvalue weighted by molar-refractivity contribution is -0.122. The van der Waals surface area contributed by atoms with Crippen molar-refractivity contribution in [1.29, 1.82) is 0 Å². The molecule has 1 heterocycles. The summed E-state index contributed by atoms with van der Waals surface area (Å²) in [4.78, 5) is 11.4. The summed E-state index contributed by atoms with van der Waals surface area (Å²) in [5.74, 6) is 0.226. The summed E-state index contributed by atoms with van der Waals surface area (Å²) in [6.07, 6.45) is 0. The topological polar surface area (TPSA) is 49.3 Å². The summed E-state index contributed by atoms with van der Waals surface area (Å²) in [5, 5.41) is 11.9. The molecule has 2 aliphatic rings. The van der Waals surface area contributed by atoms with Gasteiger partial charge < -0.3 is 10.4 Å². The Morgan fingerprint density at radius 2 is 2.08 bits per heavy atom. The first-order valence-electron chi connectivity index (χ1n) is 4.37. The van der Waals surface area contributed by atoms with E-state index in [4.69, 9.17) is 5.11 Å². The first-order valence-corrected chi connectivity index (χ1v) is 4.37. The van der Waals surface area contributed by atoms with Crippen molar-refractivity contribution in [2.24, 2.45) is 16.7 Å². The standard InChI is InChI=1S/C9H15NO2/c1-8(2)6-7(12)10-5(4-11)9(6,8)3/h5-6,11H,4H2,1-3H3,(H,10,12). The number of aliphatic hydroxyl groups is 1. The van der Waals surface area contributed by atoms with Crippen LogP contribution in [0.25, 0.3) is 0 Å². The summed E-state index contributed by atoms with van der Waals surface area (Å²) in [7, 11) is 0. The highest BCUT2D eigenvalue weighted by molar-refractivity contribution is 5.88. The second kappa shape index (κ2) is 1.84. The predicted octanol–water partition coefficient (Wildman–Crippen LogP) is 0.139. The van der Waals surface area contributed by atoms with Gasteiger partial charge in [-0.15, -0.1) is 0 Å². The minimum Gasteiger partial charge on any atom is -0.394 e. The molecule has 3 unspecified atom stereocenters. The number of carbonyl (C=O) groups is 1. The summed E-state index contributed by atoms with van der Waals surface area (Å²) in [5.41, 5.74) is 0.0571. The van der Waals surface area contributed by atoms with E-state index in [1.807, 2.05) is 0 Å². The van der Waals surface area contributed by atoms with Crippen LogP contribution < -0.4 is 5.32 Å². The third kappa shape index (κ3) is 0.565. The normalized spacial score (nSPS) is 48.5. The van der Waals surface area contributed by atoms with E-state index < -0.39 is 0 Å². The molecule has 2 fully saturated rings. The number of amides is 1. The monoisotopic (exact) mass is 169 g/mol. The van der Waals surface area contributed by atoms with Crippen molar-refractivity contribution in [3.8, 4) is 0 Å². The van der Waals surface area contributed by atoms with Gasteiger partial charge >= 0.3 is 0 Å². The molecule has 68 valence electrons. The average Bonchev–Trinajstić information content (AvgIpc) is 2.32. The Morgan fingerprint density at radius 3 is 2.33 bits per heavy atom. The fourth-order valence-electron chi connectivity index (χ4n) is 2.90. The Hall–Kier alpha value is -0.570. The highest BCUT2D eigenvalue weighted by Crippen LogP contribution is 2.72. The average molecular weight is 169 g/mol. The Balaban J connectivity index is 2.33. The summed E-state index contributed by atoms with van der Waals surface area (Å²) in [6.45, 7) is 6.33. The summed E-state index contributed by atoms with van der Waals surface area (Å²) < 4.78 is 0. The molecular formula is C9H15NO2. The predicted molar refractivity (Wildman–Crippen MR) is 44.4 cm³/mol. The van der Waals surface area contributed by atoms with Crippen molar-refractivity contribution in [2.45, 2.75) is 26.8 Å². The smallest absolute Gasteiger partial charge is 0.224 e. The van der Waals surface area contributed by atoms with E-state index in [0.29, 0.717) is 0 Å². The van der Waals surface area contributed by atoms with Crippen molar-refractivity contribution in [3.05, 3.63) is 0 Å². The van der Waals surface area contributed by atoms with Crippen LogP contribution in [-0.4, -0.2) is 23.7 Å². The molecule has 0 aromatic heterocycles. The number of nitrogens with one attached hydrogen (secondary N) is 1. The molecule has 2 rings (SSSR count). The lowest BCUT2D eigenvalue weighted by Crippen LogP contribution is -2.40. The largest absolute Gasteiger partial charge is 0.394 e. The summed E-state index contributed by atoms with van der Waals surface area (Å²) >= 11 is 0. The molecule has 2 N–H and O–H groups in total. The van der Waals surface area contributed by atoms with Crippen LogP contribution >= 0.6 is 0 Å². The van der Waals surface area contributed by atoms with Crippen molar-refractivity contribution < 1.29 is 9.90 Å². The third-order valence-electron chi connectivity index (χ3n) is 4.11. The molecule has 3 nitrogen and oxygen atoms in total. The molecule has 1 aliphatic carbocycles. The maximum atomic E-state index is 11.4. The number of rotatable bonds is 1. The van der Waals surface area contributed by atoms with Crippen molar-refractivity contribution in [2.75, 3.05) is 6.61 Å². The molecule has 3 heteroatoms. The highest BCUT2D eigenvalue weighted by Gasteiger charge is 2.77. The zero-order valence-corrected chi connectivity index (χ0v) is 7.72. The number of fused-ring (bicyclic) bond motifs is 1. The molecule has 1 aliphatic heterocycles. The lowest BCUT2D eigenvalue weighted by atomic mass is 9.91. The van der Waals surface area contributed by atoms with Gasteiger partial charge in [0.15, 0.2) is 0 Å². The zero-order valence-electron chi connectivity index (χ0n) is 7.72. The summed E-state index contributed by atoms with van der Waals surface area (Å²) in [6, 6.07) is -0.0370. The van der Waals surface area contributed by atoms with E-state index in [2.05, 4.69) is 26.1 Å². The molecular weight excluding hydrogens is 154 g/mol. The first-order chi connectivity index (χ1) is 5.46.